The third kappa shape index (κ3) is 2.49. The van der Waals surface area contributed by atoms with E-state index in [1.807, 2.05) is 26.0 Å². The molecular formula is C16H15ClO2. The topological polar surface area (TPSA) is 26.3 Å². The fourth-order valence-corrected chi connectivity index (χ4v) is 2.30. The van der Waals surface area contributed by atoms with E-state index in [4.69, 9.17) is 16.3 Å². The number of ether oxygens (including phenoxy) is 1. The molecule has 0 unspecified atom stereocenters. The van der Waals surface area contributed by atoms with Gasteiger partial charge in [-0.1, -0.05) is 23.7 Å². The van der Waals surface area contributed by atoms with E-state index in [2.05, 4.69) is 0 Å². The van der Waals surface area contributed by atoms with Crippen molar-refractivity contribution >= 4 is 17.9 Å². The Morgan fingerprint density at radius 3 is 2.47 bits per heavy atom. The third-order valence-electron chi connectivity index (χ3n) is 3.31. The fourth-order valence-electron chi connectivity index (χ4n) is 2.13. The van der Waals surface area contributed by atoms with Gasteiger partial charge in [0.25, 0.3) is 0 Å². The van der Waals surface area contributed by atoms with Gasteiger partial charge in [0.15, 0.2) is 6.29 Å². The average molecular weight is 275 g/mol. The lowest BCUT2D eigenvalue weighted by Crippen LogP contribution is -1.96. The van der Waals surface area contributed by atoms with Crippen LogP contribution in [0.3, 0.4) is 0 Å². The third-order valence-corrected chi connectivity index (χ3v) is 3.55. The molecule has 0 fully saturated rings. The van der Waals surface area contributed by atoms with Gasteiger partial charge < -0.3 is 4.74 Å². The smallest absolute Gasteiger partial charge is 0.150 e. The minimum Gasteiger partial charge on any atom is -0.496 e. The summed E-state index contributed by atoms with van der Waals surface area (Å²) in [6, 6.07) is 9.20. The lowest BCUT2D eigenvalue weighted by molar-refractivity contribution is 0.112. The maximum absolute atomic E-state index is 11.2. The van der Waals surface area contributed by atoms with E-state index >= 15 is 0 Å². The van der Waals surface area contributed by atoms with Gasteiger partial charge in [0.2, 0.25) is 0 Å². The molecule has 0 bridgehead atoms. The highest BCUT2D eigenvalue weighted by molar-refractivity contribution is 6.31. The van der Waals surface area contributed by atoms with Crippen molar-refractivity contribution in [1.82, 2.24) is 0 Å². The largest absolute Gasteiger partial charge is 0.496 e. The first-order valence-electron chi connectivity index (χ1n) is 5.97. The molecule has 0 radical (unpaired) electrons. The predicted octanol–water partition coefficient (Wildman–Crippen LogP) is 4.44. The van der Waals surface area contributed by atoms with Crippen LogP contribution in [0.4, 0.5) is 0 Å². The molecule has 2 aromatic rings. The highest BCUT2D eigenvalue weighted by Crippen LogP contribution is 2.36. The first-order chi connectivity index (χ1) is 9.08. The summed E-state index contributed by atoms with van der Waals surface area (Å²) in [7, 11) is 1.64. The van der Waals surface area contributed by atoms with Crippen LogP contribution in [0.15, 0.2) is 30.3 Å². The Morgan fingerprint density at radius 2 is 1.84 bits per heavy atom. The van der Waals surface area contributed by atoms with Gasteiger partial charge >= 0.3 is 0 Å². The zero-order chi connectivity index (χ0) is 14.0. The SMILES string of the molecule is COc1c(-c2cc(Cl)ccc2C=O)ccc(C)c1C. The summed E-state index contributed by atoms with van der Waals surface area (Å²) in [5.41, 5.74) is 4.50. The van der Waals surface area contributed by atoms with Crippen molar-refractivity contribution in [2.75, 3.05) is 7.11 Å². The van der Waals surface area contributed by atoms with Gasteiger partial charge in [-0.2, -0.15) is 0 Å². The van der Waals surface area contributed by atoms with Crippen molar-refractivity contribution in [2.24, 2.45) is 0 Å². The summed E-state index contributed by atoms with van der Waals surface area (Å²) in [6.07, 6.45) is 0.834. The standard InChI is InChI=1S/C16H15ClO2/c1-10-4-7-14(16(19-3)11(10)2)15-8-13(17)6-5-12(15)9-18/h4-9H,1-3H3. The summed E-state index contributed by atoms with van der Waals surface area (Å²) in [4.78, 5) is 11.2. The molecule has 98 valence electrons. The van der Waals surface area contributed by atoms with E-state index in [9.17, 15) is 4.79 Å². The molecule has 0 aliphatic carbocycles. The fraction of sp³-hybridized carbons (Fsp3) is 0.188. The summed E-state index contributed by atoms with van der Waals surface area (Å²) >= 11 is 6.03. The molecule has 3 heteroatoms. The number of aryl methyl sites for hydroxylation is 1. The molecule has 0 aromatic heterocycles. The van der Waals surface area contributed by atoms with E-state index in [0.717, 1.165) is 34.3 Å². The van der Waals surface area contributed by atoms with E-state index in [0.29, 0.717) is 10.6 Å². The zero-order valence-corrected chi connectivity index (χ0v) is 11.9. The van der Waals surface area contributed by atoms with E-state index in [-0.39, 0.29) is 0 Å². The first-order valence-corrected chi connectivity index (χ1v) is 6.35. The van der Waals surface area contributed by atoms with E-state index in [1.165, 1.54) is 0 Å². The van der Waals surface area contributed by atoms with Crippen LogP contribution < -0.4 is 4.74 Å². The molecule has 19 heavy (non-hydrogen) atoms. The van der Waals surface area contributed by atoms with Crippen molar-refractivity contribution in [3.8, 4) is 16.9 Å². The van der Waals surface area contributed by atoms with Crippen LogP contribution in [0.5, 0.6) is 5.75 Å². The molecule has 2 nitrogen and oxygen atoms in total. The van der Waals surface area contributed by atoms with Crippen LogP contribution in [0.1, 0.15) is 21.5 Å². The van der Waals surface area contributed by atoms with Crippen LogP contribution in [0.2, 0.25) is 5.02 Å². The van der Waals surface area contributed by atoms with Gasteiger partial charge in [0.05, 0.1) is 7.11 Å². The van der Waals surface area contributed by atoms with Crippen LogP contribution in [0.25, 0.3) is 11.1 Å². The van der Waals surface area contributed by atoms with Crippen molar-refractivity contribution in [2.45, 2.75) is 13.8 Å². The highest BCUT2D eigenvalue weighted by atomic mass is 35.5. The van der Waals surface area contributed by atoms with Gasteiger partial charge in [-0.15, -0.1) is 0 Å². The molecule has 2 rings (SSSR count). The average Bonchev–Trinajstić information content (AvgIpc) is 2.41. The lowest BCUT2D eigenvalue weighted by atomic mass is 9.95. The van der Waals surface area contributed by atoms with Crippen LogP contribution in [-0.4, -0.2) is 13.4 Å². The minimum absolute atomic E-state index is 0.598. The molecular weight excluding hydrogens is 260 g/mol. The first kappa shape index (κ1) is 13.6. The number of carbonyl (C=O) groups is 1. The molecule has 0 saturated heterocycles. The Kier molecular flexibility index (Phi) is 3.91. The molecule has 0 atom stereocenters. The van der Waals surface area contributed by atoms with Crippen molar-refractivity contribution in [3.05, 3.63) is 52.0 Å². The number of methoxy groups -OCH3 is 1. The lowest BCUT2D eigenvalue weighted by Gasteiger charge is -2.15. The quantitative estimate of drug-likeness (QED) is 0.773. The number of aldehydes is 1. The monoisotopic (exact) mass is 274 g/mol. The summed E-state index contributed by atoms with van der Waals surface area (Å²) < 4.78 is 5.49. The van der Waals surface area contributed by atoms with Gasteiger partial charge in [-0.3, -0.25) is 4.79 Å². The maximum atomic E-state index is 11.2. The normalized spacial score (nSPS) is 10.3. The van der Waals surface area contributed by atoms with Crippen LogP contribution in [0, 0.1) is 13.8 Å². The number of benzene rings is 2. The summed E-state index contributed by atoms with van der Waals surface area (Å²) in [6.45, 7) is 4.03. The number of rotatable bonds is 3. The molecule has 0 aliphatic heterocycles. The number of halogens is 1. The van der Waals surface area contributed by atoms with Crippen LogP contribution >= 0.6 is 11.6 Å². The Morgan fingerprint density at radius 1 is 1.11 bits per heavy atom. The van der Waals surface area contributed by atoms with E-state index < -0.39 is 0 Å². The molecule has 0 heterocycles. The molecule has 0 spiro atoms. The zero-order valence-electron chi connectivity index (χ0n) is 11.2. The second-order valence-corrected chi connectivity index (χ2v) is 4.87. The highest BCUT2D eigenvalue weighted by Gasteiger charge is 2.13. The van der Waals surface area contributed by atoms with Gasteiger partial charge in [0.1, 0.15) is 5.75 Å². The molecule has 0 aliphatic rings. The van der Waals surface area contributed by atoms with E-state index in [1.54, 1.807) is 25.3 Å². The van der Waals surface area contributed by atoms with Gasteiger partial charge in [-0.05, 0) is 48.7 Å². The van der Waals surface area contributed by atoms with Gasteiger partial charge in [-0.25, -0.2) is 0 Å². The second-order valence-electron chi connectivity index (χ2n) is 4.44. The molecule has 0 N–H and O–H groups in total. The predicted molar refractivity (Wildman–Crippen MR) is 78.3 cm³/mol. The van der Waals surface area contributed by atoms with Crippen molar-refractivity contribution in [1.29, 1.82) is 0 Å². The molecule has 0 amide bonds. The summed E-state index contributed by atoms with van der Waals surface area (Å²) in [5.74, 6) is 0.783. The Bertz CT molecular complexity index is 633. The summed E-state index contributed by atoms with van der Waals surface area (Å²) in [5, 5.41) is 0.598. The van der Waals surface area contributed by atoms with Crippen molar-refractivity contribution in [3.63, 3.8) is 0 Å². The molecule has 2 aromatic carbocycles. The minimum atomic E-state index is 0.598. The second kappa shape index (κ2) is 5.45. The Hall–Kier alpha value is -1.80. The number of carbonyl (C=O) groups excluding carboxylic acids is 1. The Labute approximate surface area is 118 Å². The van der Waals surface area contributed by atoms with Gasteiger partial charge in [0, 0.05) is 16.1 Å². The molecule has 0 saturated carbocycles. The number of hydrogen-bond donors (Lipinski definition) is 0. The Balaban J connectivity index is 2.75. The maximum Gasteiger partial charge on any atom is 0.150 e. The number of hydrogen-bond acceptors (Lipinski definition) is 2. The van der Waals surface area contributed by atoms with Crippen LogP contribution in [-0.2, 0) is 0 Å². The van der Waals surface area contributed by atoms with Crippen molar-refractivity contribution < 1.29 is 9.53 Å².